The summed E-state index contributed by atoms with van der Waals surface area (Å²) in [4.78, 5) is 77.1. The molecule has 4 amide bonds. The number of alkyl halides is 1. The zero-order chi connectivity index (χ0) is 48.5. The number of likely N-dealkylation sites (tertiary alicyclic amines) is 1. The summed E-state index contributed by atoms with van der Waals surface area (Å²) < 4.78 is 29.7. The third-order valence-corrected chi connectivity index (χ3v) is 13.8. The Balaban J connectivity index is 1.31. The summed E-state index contributed by atoms with van der Waals surface area (Å²) in [7, 11) is 3.13. The van der Waals surface area contributed by atoms with Gasteiger partial charge in [0.25, 0.3) is 5.91 Å². The molecule has 0 aliphatic carbocycles. The molecule has 2 saturated heterocycles. The molecule has 6 bridgehead atoms. The number of hydrogen-bond donors (Lipinski definition) is 2. The Kier molecular flexibility index (Phi) is 14.4. The number of nitrogens with zero attached hydrogens (tertiary/aromatic N) is 5. The van der Waals surface area contributed by atoms with E-state index in [-0.39, 0.29) is 38.8 Å². The normalized spacial score (nSPS) is 23.1. The van der Waals surface area contributed by atoms with Crippen molar-refractivity contribution in [3.8, 4) is 22.4 Å². The van der Waals surface area contributed by atoms with E-state index in [0.29, 0.717) is 25.8 Å². The minimum atomic E-state index is -1.62. The van der Waals surface area contributed by atoms with E-state index in [4.69, 9.17) is 14.5 Å². The second-order valence-corrected chi connectivity index (χ2v) is 19.7. The minimum Gasteiger partial charge on any atom is -0.464 e. The van der Waals surface area contributed by atoms with Crippen molar-refractivity contribution in [3.63, 3.8) is 0 Å². The van der Waals surface area contributed by atoms with E-state index >= 15 is 4.39 Å². The average molecular weight is 920 g/mol. The van der Waals surface area contributed by atoms with Crippen LogP contribution in [0.3, 0.4) is 0 Å². The van der Waals surface area contributed by atoms with Crippen LogP contribution in [0, 0.1) is 17.3 Å². The maximum absolute atomic E-state index is 15.3. The van der Waals surface area contributed by atoms with Crippen molar-refractivity contribution in [2.45, 2.75) is 111 Å². The molecule has 7 rings (SSSR count). The number of ether oxygens (including phenoxy) is 2. The lowest BCUT2D eigenvalue weighted by molar-refractivity contribution is -0.162. The lowest BCUT2D eigenvalue weighted by Gasteiger charge is -2.41. The van der Waals surface area contributed by atoms with Crippen LogP contribution in [0.5, 0.6) is 0 Å². The smallest absolute Gasteiger partial charge is 0.327 e. The third kappa shape index (κ3) is 9.90. The summed E-state index contributed by atoms with van der Waals surface area (Å²) in [6.07, 6.45) is 2.50. The molecule has 4 aromatic rings. The van der Waals surface area contributed by atoms with Gasteiger partial charge >= 0.3 is 5.97 Å². The van der Waals surface area contributed by atoms with Crippen LogP contribution in [0.2, 0.25) is 0 Å². The molecule has 3 aliphatic heterocycles. The minimum absolute atomic E-state index is 0.0769. The molecule has 3 aliphatic rings. The SMILES string of the molecule is C=CC(=O)N1C[C@@H](F)[C@H](C(=O)N(C)[C@H](C(=O)N[C@H]2Cc3cccc(c3)-c3ccc4c(c3)c(c(-c3cccnc3[C@H](C)OC)n4CC)CC(C)(C)COC(=O)[C@@]3(C)CCCN(N3)C2=O)C(C)C)C1. The number of amides is 4. The van der Waals surface area contributed by atoms with E-state index in [0.717, 1.165) is 56.2 Å². The highest BCUT2D eigenvalue weighted by atomic mass is 19.1. The standard InChI is InChI=1S/C52H66FN7O7/c1-11-43(61)58-28-39(40(53)29-58)48(63)57(9)45(31(3)4)47(62)55-41-25-33-16-13-17-34(24-33)35-19-20-42-37(26-35)38(46(59(42)12-2)36-18-14-22-54-44(36)32(5)66-10)27-51(6,7)30-67-50(65)52(8)21-15-23-60(56-52)49(41)64/h11,13-14,16-20,22,24,26,31-32,39-41,45,56H,1,12,15,21,23,25,27-30H2,2-10H3,(H,55,62)/t32-,39+,40+,41-,45-,52+/m0/s1. The lowest BCUT2D eigenvalue weighted by Crippen LogP contribution is -2.66. The number of nitrogens with one attached hydrogen (secondary N) is 2. The first-order valence-electron chi connectivity index (χ1n) is 23.4. The second-order valence-electron chi connectivity index (χ2n) is 19.7. The predicted molar refractivity (Wildman–Crippen MR) is 255 cm³/mol. The summed E-state index contributed by atoms with van der Waals surface area (Å²) in [6.45, 7) is 17.7. The van der Waals surface area contributed by atoms with Crippen molar-refractivity contribution >= 4 is 40.5 Å². The Hall–Kier alpha value is -5.93. The number of fused-ring (bicyclic) bond motifs is 6. The molecule has 0 saturated carbocycles. The number of hydrazine groups is 1. The van der Waals surface area contributed by atoms with Crippen molar-refractivity contribution < 1.29 is 37.8 Å². The number of benzene rings is 2. The Labute approximate surface area is 393 Å². The van der Waals surface area contributed by atoms with Gasteiger partial charge < -0.3 is 29.2 Å². The quantitative estimate of drug-likeness (QED) is 0.132. The summed E-state index contributed by atoms with van der Waals surface area (Å²) >= 11 is 0. The van der Waals surface area contributed by atoms with Crippen LogP contribution in [-0.2, 0) is 52.8 Å². The topological polar surface area (TPSA) is 155 Å². The van der Waals surface area contributed by atoms with Crippen LogP contribution in [0.15, 0.2) is 73.4 Å². The number of rotatable bonds is 10. The molecule has 15 heteroatoms. The number of carbonyl (C=O) groups excluding carboxylic acids is 5. The van der Waals surface area contributed by atoms with Crippen LogP contribution in [0.1, 0.15) is 84.2 Å². The molecular formula is C52H66FN7O7. The average Bonchev–Trinajstić information content (AvgIpc) is 3.85. The fourth-order valence-electron chi connectivity index (χ4n) is 10.1. The van der Waals surface area contributed by atoms with Gasteiger partial charge in [-0.2, -0.15) is 0 Å². The van der Waals surface area contributed by atoms with Crippen LogP contribution in [-0.4, -0.2) is 118 Å². The van der Waals surface area contributed by atoms with Gasteiger partial charge in [-0.3, -0.25) is 29.2 Å². The first kappa shape index (κ1) is 49.0. The maximum Gasteiger partial charge on any atom is 0.327 e. The van der Waals surface area contributed by atoms with Gasteiger partial charge in [-0.25, -0.2) is 14.6 Å². The van der Waals surface area contributed by atoms with Crippen LogP contribution >= 0.6 is 0 Å². The molecule has 0 unspecified atom stereocenters. The van der Waals surface area contributed by atoms with Crippen LogP contribution in [0.25, 0.3) is 33.3 Å². The molecule has 5 heterocycles. The van der Waals surface area contributed by atoms with Crippen molar-refractivity contribution in [3.05, 3.63) is 90.3 Å². The number of hydrogen-bond acceptors (Lipinski definition) is 9. The van der Waals surface area contributed by atoms with Crippen LogP contribution < -0.4 is 10.7 Å². The number of carbonyl (C=O) groups is 5. The third-order valence-electron chi connectivity index (χ3n) is 13.8. The molecule has 358 valence electrons. The van der Waals surface area contributed by atoms with E-state index in [1.54, 1.807) is 34.1 Å². The van der Waals surface area contributed by atoms with Gasteiger partial charge in [0.15, 0.2) is 0 Å². The summed E-state index contributed by atoms with van der Waals surface area (Å²) in [6, 6.07) is 16.1. The second kappa shape index (κ2) is 19.7. The molecule has 2 aromatic heterocycles. The highest BCUT2D eigenvalue weighted by Gasteiger charge is 2.46. The predicted octanol–water partition coefficient (Wildman–Crippen LogP) is 6.60. The molecule has 14 nitrogen and oxygen atoms in total. The largest absolute Gasteiger partial charge is 0.464 e. The number of methoxy groups -OCH3 is 1. The van der Waals surface area contributed by atoms with Gasteiger partial charge in [-0.05, 0) is 98.5 Å². The summed E-state index contributed by atoms with van der Waals surface area (Å²) in [5.41, 5.74) is 8.97. The fourth-order valence-corrected chi connectivity index (χ4v) is 10.1. The molecule has 2 N–H and O–H groups in total. The number of pyridine rings is 1. The van der Waals surface area contributed by atoms with E-state index in [1.165, 1.54) is 21.9 Å². The lowest BCUT2D eigenvalue weighted by atomic mass is 9.84. The fraction of sp³-hybridized carbons (Fsp3) is 0.500. The molecule has 0 radical (unpaired) electrons. The van der Waals surface area contributed by atoms with Gasteiger partial charge in [0.05, 0.1) is 36.6 Å². The number of cyclic esters (lactones) is 1. The van der Waals surface area contributed by atoms with E-state index in [9.17, 15) is 24.0 Å². The Bertz CT molecular complexity index is 2560. The molecule has 6 atom stereocenters. The van der Waals surface area contributed by atoms with Gasteiger partial charge in [-0.1, -0.05) is 64.6 Å². The zero-order valence-electron chi connectivity index (χ0n) is 40.4. The van der Waals surface area contributed by atoms with Crippen LogP contribution in [0.4, 0.5) is 4.39 Å². The summed E-state index contributed by atoms with van der Waals surface area (Å²) in [5.74, 6) is -4.27. The molecule has 67 heavy (non-hydrogen) atoms. The van der Waals surface area contributed by atoms with Gasteiger partial charge in [0, 0.05) is 68.3 Å². The number of esters is 1. The number of likely N-dealkylation sites (N-methyl/N-ethyl adjacent to an activating group) is 1. The van der Waals surface area contributed by atoms with Gasteiger partial charge in [0.2, 0.25) is 17.7 Å². The first-order valence-corrected chi connectivity index (χ1v) is 23.4. The van der Waals surface area contributed by atoms with Crippen molar-refractivity contribution in [1.82, 2.24) is 35.1 Å². The molecule has 2 fully saturated rings. The van der Waals surface area contributed by atoms with Gasteiger partial charge in [-0.15, -0.1) is 0 Å². The van der Waals surface area contributed by atoms with Crippen molar-refractivity contribution in [2.75, 3.05) is 40.4 Å². The van der Waals surface area contributed by atoms with Gasteiger partial charge in [0.1, 0.15) is 23.8 Å². The Morgan fingerprint density at radius 2 is 1.82 bits per heavy atom. The zero-order valence-corrected chi connectivity index (χ0v) is 40.4. The highest BCUT2D eigenvalue weighted by molar-refractivity contribution is 5.96. The number of halogens is 1. The Morgan fingerprint density at radius 3 is 2.52 bits per heavy atom. The Morgan fingerprint density at radius 1 is 1.07 bits per heavy atom. The molecule has 2 aromatic carbocycles. The number of aryl methyl sites for hydroxylation is 1. The van der Waals surface area contributed by atoms with E-state index < -0.39 is 70.6 Å². The molecule has 0 spiro atoms. The molecular weight excluding hydrogens is 854 g/mol. The van der Waals surface area contributed by atoms with Crippen molar-refractivity contribution in [1.29, 1.82) is 0 Å². The van der Waals surface area contributed by atoms with E-state index in [2.05, 4.69) is 66.9 Å². The maximum atomic E-state index is 15.3. The monoisotopic (exact) mass is 920 g/mol. The highest BCUT2D eigenvalue weighted by Crippen LogP contribution is 2.42. The van der Waals surface area contributed by atoms with E-state index in [1.807, 2.05) is 37.3 Å². The summed E-state index contributed by atoms with van der Waals surface area (Å²) in [5, 5.41) is 5.44. The van der Waals surface area contributed by atoms with Crippen molar-refractivity contribution in [2.24, 2.45) is 17.3 Å². The number of aromatic nitrogens is 2. The first-order chi connectivity index (χ1) is 31.8.